The van der Waals surface area contributed by atoms with Gasteiger partial charge in [0.2, 0.25) is 0 Å². The largest absolute Gasteiger partial charge is 0.352 e. The minimum atomic E-state index is 0.772. The Morgan fingerprint density at radius 1 is 1.06 bits per heavy atom. The molecule has 2 N–H and O–H groups in total. The van der Waals surface area contributed by atoms with Gasteiger partial charge in [0.1, 0.15) is 5.69 Å². The Bertz CT molecular complexity index is 447. The predicted molar refractivity (Wildman–Crippen MR) is 62.4 cm³/mol. The van der Waals surface area contributed by atoms with Crippen LogP contribution in [0.15, 0.2) is 43.0 Å². The molecule has 0 spiro atoms. The van der Waals surface area contributed by atoms with Crippen molar-refractivity contribution in [2.24, 2.45) is 0 Å². The standard InChI is InChI=1S/C11H12N4O/c1-16-15-11-8-13-6-4-10(11)14-9-3-2-5-12-7-9/h2-8,15H,1H3,(H,13,14). The average molecular weight is 216 g/mol. The number of rotatable bonds is 4. The van der Waals surface area contributed by atoms with Gasteiger partial charge in [0.25, 0.3) is 0 Å². The van der Waals surface area contributed by atoms with Gasteiger partial charge in [0, 0.05) is 12.4 Å². The fourth-order valence-corrected chi connectivity index (χ4v) is 1.29. The van der Waals surface area contributed by atoms with Gasteiger partial charge >= 0.3 is 0 Å². The Balaban J connectivity index is 2.21. The van der Waals surface area contributed by atoms with Gasteiger partial charge in [-0.2, -0.15) is 0 Å². The normalized spacial score (nSPS) is 9.81. The number of nitrogens with one attached hydrogen (secondary N) is 2. The van der Waals surface area contributed by atoms with Crippen molar-refractivity contribution in [1.29, 1.82) is 0 Å². The second-order valence-corrected chi connectivity index (χ2v) is 3.09. The third-order valence-corrected chi connectivity index (χ3v) is 1.97. The first-order valence-corrected chi connectivity index (χ1v) is 4.80. The molecule has 0 aliphatic carbocycles. The summed E-state index contributed by atoms with van der Waals surface area (Å²) in [5.41, 5.74) is 5.31. The lowest BCUT2D eigenvalue weighted by atomic mass is 10.3. The molecular weight excluding hydrogens is 204 g/mol. The number of hydrogen-bond acceptors (Lipinski definition) is 5. The van der Waals surface area contributed by atoms with Gasteiger partial charge in [-0.25, -0.2) is 0 Å². The molecule has 0 saturated heterocycles. The Labute approximate surface area is 93.5 Å². The van der Waals surface area contributed by atoms with E-state index >= 15 is 0 Å². The van der Waals surface area contributed by atoms with Crippen molar-refractivity contribution in [3.8, 4) is 0 Å². The molecule has 0 fully saturated rings. The molecule has 0 aromatic carbocycles. The van der Waals surface area contributed by atoms with Crippen LogP contribution < -0.4 is 10.8 Å². The quantitative estimate of drug-likeness (QED) is 0.767. The van der Waals surface area contributed by atoms with E-state index < -0.39 is 0 Å². The van der Waals surface area contributed by atoms with E-state index in [0.717, 1.165) is 17.1 Å². The molecule has 5 nitrogen and oxygen atoms in total. The molecule has 0 aliphatic heterocycles. The van der Waals surface area contributed by atoms with E-state index in [1.165, 1.54) is 0 Å². The van der Waals surface area contributed by atoms with E-state index in [2.05, 4.69) is 20.8 Å². The van der Waals surface area contributed by atoms with Crippen molar-refractivity contribution in [3.05, 3.63) is 43.0 Å². The molecule has 5 heteroatoms. The lowest BCUT2D eigenvalue weighted by Gasteiger charge is -2.11. The van der Waals surface area contributed by atoms with Crippen LogP contribution in [0.5, 0.6) is 0 Å². The van der Waals surface area contributed by atoms with Crippen LogP contribution in [0, 0.1) is 0 Å². The SMILES string of the molecule is CONc1cnccc1Nc1cccnc1. The average Bonchev–Trinajstić information content (AvgIpc) is 2.33. The second kappa shape index (κ2) is 5.09. The molecule has 0 unspecified atom stereocenters. The van der Waals surface area contributed by atoms with Gasteiger partial charge in [-0.15, -0.1) is 0 Å². The lowest BCUT2D eigenvalue weighted by Crippen LogP contribution is -2.01. The highest BCUT2D eigenvalue weighted by atomic mass is 16.6. The highest BCUT2D eigenvalue weighted by Crippen LogP contribution is 2.23. The molecule has 0 saturated carbocycles. The second-order valence-electron chi connectivity index (χ2n) is 3.09. The van der Waals surface area contributed by atoms with Crippen molar-refractivity contribution in [1.82, 2.24) is 9.97 Å². The summed E-state index contributed by atoms with van der Waals surface area (Å²) in [5, 5.41) is 3.21. The van der Waals surface area contributed by atoms with E-state index in [9.17, 15) is 0 Å². The van der Waals surface area contributed by atoms with Crippen molar-refractivity contribution in [3.63, 3.8) is 0 Å². The Morgan fingerprint density at radius 2 is 1.94 bits per heavy atom. The lowest BCUT2D eigenvalue weighted by molar-refractivity contribution is 0.271. The summed E-state index contributed by atoms with van der Waals surface area (Å²) in [5.74, 6) is 0. The van der Waals surface area contributed by atoms with Crippen LogP contribution in [0.25, 0.3) is 0 Å². The van der Waals surface area contributed by atoms with Gasteiger partial charge in [0.05, 0.1) is 30.9 Å². The Kier molecular flexibility index (Phi) is 3.30. The van der Waals surface area contributed by atoms with Crippen LogP contribution in [-0.4, -0.2) is 17.1 Å². The van der Waals surface area contributed by atoms with Crippen LogP contribution in [-0.2, 0) is 4.84 Å². The molecule has 2 aromatic rings. The van der Waals surface area contributed by atoms with Crippen LogP contribution >= 0.6 is 0 Å². The summed E-state index contributed by atoms with van der Waals surface area (Å²) in [6, 6.07) is 5.66. The predicted octanol–water partition coefficient (Wildman–Crippen LogP) is 2.19. The van der Waals surface area contributed by atoms with E-state index in [4.69, 9.17) is 4.84 Å². The molecule has 82 valence electrons. The van der Waals surface area contributed by atoms with E-state index in [1.54, 1.807) is 31.9 Å². The minimum Gasteiger partial charge on any atom is -0.352 e. The summed E-state index contributed by atoms with van der Waals surface area (Å²) >= 11 is 0. The van der Waals surface area contributed by atoms with Crippen molar-refractivity contribution >= 4 is 17.1 Å². The van der Waals surface area contributed by atoms with Gasteiger partial charge in [0.15, 0.2) is 0 Å². The zero-order chi connectivity index (χ0) is 11.2. The number of nitrogens with zero attached hydrogens (tertiary/aromatic N) is 2. The molecule has 0 amide bonds. The molecule has 2 rings (SSSR count). The zero-order valence-corrected chi connectivity index (χ0v) is 8.84. The smallest absolute Gasteiger partial charge is 0.102 e. The maximum absolute atomic E-state index is 4.86. The number of anilines is 3. The van der Waals surface area contributed by atoms with Gasteiger partial charge < -0.3 is 5.32 Å². The topological polar surface area (TPSA) is 59.1 Å². The Hall–Kier alpha value is -2.14. The summed E-state index contributed by atoms with van der Waals surface area (Å²) in [7, 11) is 1.56. The van der Waals surface area contributed by atoms with Crippen molar-refractivity contribution < 1.29 is 4.84 Å². The Morgan fingerprint density at radius 3 is 2.69 bits per heavy atom. The molecule has 0 atom stereocenters. The number of hydrogen-bond donors (Lipinski definition) is 2. The molecule has 2 heterocycles. The maximum Gasteiger partial charge on any atom is 0.102 e. The minimum absolute atomic E-state index is 0.772. The summed E-state index contributed by atoms with van der Waals surface area (Å²) < 4.78 is 0. The van der Waals surface area contributed by atoms with E-state index in [-0.39, 0.29) is 0 Å². The molecule has 16 heavy (non-hydrogen) atoms. The molecule has 0 bridgehead atoms. The van der Waals surface area contributed by atoms with Crippen molar-refractivity contribution in [2.45, 2.75) is 0 Å². The van der Waals surface area contributed by atoms with Crippen LogP contribution in [0.2, 0.25) is 0 Å². The summed E-state index contributed by atoms with van der Waals surface area (Å²) in [4.78, 5) is 12.9. The number of aromatic nitrogens is 2. The third kappa shape index (κ3) is 2.46. The highest BCUT2D eigenvalue weighted by Gasteiger charge is 2.01. The first kappa shape index (κ1) is 10.4. The zero-order valence-electron chi connectivity index (χ0n) is 8.84. The van der Waals surface area contributed by atoms with E-state index in [1.807, 2.05) is 18.2 Å². The van der Waals surface area contributed by atoms with Gasteiger partial charge in [-0.3, -0.25) is 20.3 Å². The maximum atomic E-state index is 4.86. The first-order valence-electron chi connectivity index (χ1n) is 4.80. The highest BCUT2D eigenvalue weighted by molar-refractivity contribution is 5.72. The van der Waals surface area contributed by atoms with Crippen LogP contribution in [0.3, 0.4) is 0 Å². The van der Waals surface area contributed by atoms with Gasteiger partial charge in [-0.1, -0.05) is 0 Å². The first-order chi connectivity index (χ1) is 7.90. The fourth-order valence-electron chi connectivity index (χ4n) is 1.29. The van der Waals surface area contributed by atoms with Gasteiger partial charge in [-0.05, 0) is 18.2 Å². The van der Waals surface area contributed by atoms with E-state index in [0.29, 0.717) is 0 Å². The molecule has 0 aliphatic rings. The summed E-state index contributed by atoms with van der Waals surface area (Å²) in [6.07, 6.45) is 6.87. The summed E-state index contributed by atoms with van der Waals surface area (Å²) in [6.45, 7) is 0. The molecule has 2 aromatic heterocycles. The number of pyridine rings is 2. The molecular formula is C11H12N4O. The van der Waals surface area contributed by atoms with Crippen LogP contribution in [0.4, 0.5) is 17.1 Å². The fraction of sp³-hybridized carbons (Fsp3) is 0.0909. The third-order valence-electron chi connectivity index (χ3n) is 1.97. The van der Waals surface area contributed by atoms with Crippen LogP contribution in [0.1, 0.15) is 0 Å². The van der Waals surface area contributed by atoms with Crippen molar-refractivity contribution in [2.75, 3.05) is 17.9 Å². The molecule has 0 radical (unpaired) electrons. The monoisotopic (exact) mass is 216 g/mol.